The number of rotatable bonds is 15. The van der Waals surface area contributed by atoms with Crippen molar-refractivity contribution in [2.75, 3.05) is 0 Å². The molecule has 132 valence electrons. The molecule has 3 nitrogen and oxygen atoms in total. The molecule has 0 aromatic rings. The Labute approximate surface area is 170 Å². The Kier molecular flexibility index (Phi) is 33.6. The SMILES string of the molecule is CCCCCCCCC=CCCCCCCCC(=O)O.[Na+].[O-]Cl. The third-order valence-corrected chi connectivity index (χ3v) is 3.65. The van der Waals surface area contributed by atoms with Crippen molar-refractivity contribution in [3.05, 3.63) is 12.2 Å². The van der Waals surface area contributed by atoms with Crippen LogP contribution >= 0.6 is 11.9 Å². The number of carboxylic acid groups (broad SMARTS) is 1. The van der Waals surface area contributed by atoms with Crippen molar-refractivity contribution < 1.29 is 44.1 Å². The number of carbonyl (C=O) groups is 1. The third kappa shape index (κ3) is 30.8. The van der Waals surface area contributed by atoms with Crippen molar-refractivity contribution in [2.45, 2.75) is 96.8 Å². The van der Waals surface area contributed by atoms with Gasteiger partial charge in [-0.05, 0) is 32.1 Å². The Morgan fingerprint density at radius 2 is 1.22 bits per heavy atom. The van der Waals surface area contributed by atoms with Gasteiger partial charge in [-0.3, -0.25) is 4.79 Å². The smallest absolute Gasteiger partial charge is 0.769 e. The molecule has 0 saturated carbocycles. The molecule has 0 rings (SSSR count). The second-order valence-electron chi connectivity index (χ2n) is 5.73. The van der Waals surface area contributed by atoms with Gasteiger partial charge >= 0.3 is 35.5 Å². The van der Waals surface area contributed by atoms with Gasteiger partial charge in [0.2, 0.25) is 0 Å². The number of carboxylic acids is 1. The van der Waals surface area contributed by atoms with Crippen molar-refractivity contribution in [1.82, 2.24) is 0 Å². The van der Waals surface area contributed by atoms with Crippen molar-refractivity contribution in [3.8, 4) is 0 Å². The molecule has 0 fully saturated rings. The van der Waals surface area contributed by atoms with Crippen molar-refractivity contribution in [2.24, 2.45) is 0 Å². The first kappa shape index (κ1) is 28.3. The molecular formula is C18H34ClNaO3. The average molecular weight is 357 g/mol. The fourth-order valence-electron chi connectivity index (χ4n) is 2.35. The van der Waals surface area contributed by atoms with Gasteiger partial charge in [-0.2, -0.15) is 0 Å². The van der Waals surface area contributed by atoms with Crippen LogP contribution in [0, 0.1) is 0 Å². The van der Waals surface area contributed by atoms with Crippen molar-refractivity contribution in [1.29, 1.82) is 0 Å². The van der Waals surface area contributed by atoms with E-state index >= 15 is 0 Å². The van der Waals surface area contributed by atoms with Gasteiger partial charge in [-0.25, -0.2) is 11.9 Å². The normalized spacial score (nSPS) is 10.0. The first-order chi connectivity index (χ1) is 10.8. The zero-order chi connectivity index (χ0) is 16.9. The second-order valence-corrected chi connectivity index (χ2v) is 5.73. The fourth-order valence-corrected chi connectivity index (χ4v) is 2.35. The Balaban J connectivity index is -0.00000128. The second kappa shape index (κ2) is 27.3. The standard InChI is InChI=1S/C18H34O2.ClO.Na/c1-2-3-4-5-6-7-8-9-10-11-12-13-14-15-16-17-18(19)20;1-2;/h9-10H,2-8,11-17H2,1H3,(H,19,20);;/q;-1;+1. The minimum atomic E-state index is -0.664. The van der Waals surface area contributed by atoms with Gasteiger partial charge in [0.25, 0.3) is 0 Å². The molecule has 0 amide bonds. The zero-order valence-electron chi connectivity index (χ0n) is 15.2. The summed E-state index contributed by atoms with van der Waals surface area (Å²) in [6.07, 6.45) is 21.2. The van der Waals surface area contributed by atoms with Gasteiger partial charge in [-0.15, -0.1) is 0 Å². The summed E-state index contributed by atoms with van der Waals surface area (Å²) in [4.78, 5) is 10.3. The Bertz CT molecular complexity index is 248. The van der Waals surface area contributed by atoms with Gasteiger partial charge < -0.3 is 9.77 Å². The zero-order valence-corrected chi connectivity index (χ0v) is 18.0. The predicted molar refractivity (Wildman–Crippen MR) is 92.9 cm³/mol. The van der Waals surface area contributed by atoms with E-state index in [0.29, 0.717) is 6.42 Å². The van der Waals surface area contributed by atoms with Crippen LogP contribution in [0.3, 0.4) is 0 Å². The molecule has 0 spiro atoms. The summed E-state index contributed by atoms with van der Waals surface area (Å²) >= 11 is 3.39. The number of allylic oxidation sites excluding steroid dienone is 2. The summed E-state index contributed by atoms with van der Waals surface area (Å²) in [5, 5.41) is 8.51. The molecule has 0 unspecified atom stereocenters. The molecule has 0 heterocycles. The maximum absolute atomic E-state index is 10.3. The van der Waals surface area contributed by atoms with Crippen LogP contribution in [0.5, 0.6) is 0 Å². The van der Waals surface area contributed by atoms with E-state index in [9.17, 15) is 4.79 Å². The fraction of sp³-hybridized carbons (Fsp3) is 0.833. The summed E-state index contributed by atoms with van der Waals surface area (Å²) in [7, 11) is 0. The van der Waals surface area contributed by atoms with Crippen LogP contribution in [0.25, 0.3) is 0 Å². The maximum atomic E-state index is 10.3. The Hall–Kier alpha value is 0.460. The van der Waals surface area contributed by atoms with Crippen LogP contribution in [-0.4, -0.2) is 11.1 Å². The van der Waals surface area contributed by atoms with E-state index in [1.54, 1.807) is 0 Å². The maximum Gasteiger partial charge on any atom is 1.00 e. The van der Waals surface area contributed by atoms with Gasteiger partial charge in [-0.1, -0.05) is 70.4 Å². The Morgan fingerprint density at radius 1 is 0.826 bits per heavy atom. The van der Waals surface area contributed by atoms with Crippen LogP contribution in [0.15, 0.2) is 12.2 Å². The number of halogens is 1. The molecule has 23 heavy (non-hydrogen) atoms. The number of aliphatic carboxylic acids is 1. The number of unbranched alkanes of at least 4 members (excludes halogenated alkanes) is 11. The molecule has 0 aliphatic rings. The van der Waals surface area contributed by atoms with Crippen molar-refractivity contribution in [3.63, 3.8) is 0 Å². The van der Waals surface area contributed by atoms with E-state index in [4.69, 9.17) is 9.77 Å². The van der Waals surface area contributed by atoms with Gasteiger partial charge in [0.15, 0.2) is 0 Å². The van der Waals surface area contributed by atoms with E-state index in [-0.39, 0.29) is 29.6 Å². The quantitative estimate of drug-likeness (QED) is 0.279. The van der Waals surface area contributed by atoms with Crippen molar-refractivity contribution >= 4 is 17.8 Å². The molecule has 0 saturated heterocycles. The molecule has 0 aromatic heterocycles. The largest absolute Gasteiger partial charge is 1.00 e. The molecule has 0 bridgehead atoms. The van der Waals surface area contributed by atoms with Gasteiger partial charge in [0, 0.05) is 6.42 Å². The molecule has 0 aromatic carbocycles. The van der Waals surface area contributed by atoms with Gasteiger partial charge in [0.05, 0.1) is 0 Å². The number of hydrogen-bond donors (Lipinski definition) is 1. The minimum Gasteiger partial charge on any atom is -0.769 e. The monoisotopic (exact) mass is 356 g/mol. The molecule has 5 heteroatoms. The van der Waals surface area contributed by atoms with E-state index in [1.807, 2.05) is 0 Å². The molecule has 0 atom stereocenters. The van der Waals surface area contributed by atoms with E-state index in [2.05, 4.69) is 30.9 Å². The van der Waals surface area contributed by atoms with E-state index in [0.717, 1.165) is 12.8 Å². The molecule has 0 radical (unpaired) electrons. The summed E-state index contributed by atoms with van der Waals surface area (Å²) in [6, 6.07) is 0. The van der Waals surface area contributed by atoms with E-state index in [1.165, 1.54) is 70.6 Å². The van der Waals surface area contributed by atoms with E-state index < -0.39 is 5.97 Å². The first-order valence-corrected chi connectivity index (χ1v) is 9.10. The summed E-state index contributed by atoms with van der Waals surface area (Å²) in [5.41, 5.74) is 0. The summed E-state index contributed by atoms with van der Waals surface area (Å²) in [5.74, 6) is -0.664. The predicted octanol–water partition coefficient (Wildman–Crippen LogP) is 2.61. The number of hydrogen-bond acceptors (Lipinski definition) is 2. The summed E-state index contributed by atoms with van der Waals surface area (Å²) < 4.78 is 7.72. The third-order valence-electron chi connectivity index (χ3n) is 3.65. The minimum absolute atomic E-state index is 0. The van der Waals surface area contributed by atoms with Gasteiger partial charge in [0.1, 0.15) is 0 Å². The van der Waals surface area contributed by atoms with Crippen LogP contribution in [0.1, 0.15) is 96.8 Å². The molecule has 0 aliphatic heterocycles. The first-order valence-electron chi connectivity index (χ1n) is 8.79. The van der Waals surface area contributed by atoms with Crippen LogP contribution in [-0.2, 0) is 4.79 Å². The Morgan fingerprint density at radius 3 is 1.65 bits per heavy atom. The van der Waals surface area contributed by atoms with Crippen LogP contribution < -0.4 is 34.2 Å². The molecule has 1 N–H and O–H groups in total. The topological polar surface area (TPSA) is 60.4 Å². The summed E-state index contributed by atoms with van der Waals surface area (Å²) in [6.45, 7) is 2.26. The molecular weight excluding hydrogens is 323 g/mol. The van der Waals surface area contributed by atoms with Crippen LogP contribution in [0.4, 0.5) is 0 Å². The van der Waals surface area contributed by atoms with Crippen LogP contribution in [0.2, 0.25) is 0 Å². The average Bonchev–Trinajstić information content (AvgIpc) is 2.53. The molecule has 0 aliphatic carbocycles.